The molecule has 25 heavy (non-hydrogen) atoms. The van der Waals surface area contributed by atoms with Gasteiger partial charge in [0.1, 0.15) is 6.07 Å². The molecular formula is C17H11ClF3N2O2-. The van der Waals surface area contributed by atoms with Gasteiger partial charge in [0.15, 0.2) is 0 Å². The fourth-order valence-electron chi connectivity index (χ4n) is 2.49. The highest BCUT2D eigenvalue weighted by molar-refractivity contribution is 6.31. The molecule has 2 aromatic rings. The van der Waals surface area contributed by atoms with Crippen LogP contribution in [0.1, 0.15) is 22.5 Å². The Balaban J connectivity index is 2.64. The van der Waals surface area contributed by atoms with Crippen LogP contribution in [0.4, 0.5) is 13.2 Å². The fraction of sp³-hybridized carbons (Fsp3) is 0.176. The first-order valence-corrected chi connectivity index (χ1v) is 7.33. The maximum absolute atomic E-state index is 13.0. The van der Waals surface area contributed by atoms with Crippen LogP contribution in [0.25, 0.3) is 11.8 Å². The smallest absolute Gasteiger partial charge is 0.417 e. The molecule has 0 fully saturated rings. The highest BCUT2D eigenvalue weighted by Crippen LogP contribution is 2.36. The lowest BCUT2D eigenvalue weighted by atomic mass is 10.1. The molecule has 0 spiro atoms. The Kier molecular flexibility index (Phi) is 4.95. The van der Waals surface area contributed by atoms with E-state index in [0.717, 1.165) is 18.2 Å². The quantitative estimate of drug-likeness (QED) is 0.616. The Morgan fingerprint density at radius 3 is 2.48 bits per heavy atom. The third kappa shape index (κ3) is 3.69. The Labute approximate surface area is 146 Å². The molecular weight excluding hydrogens is 357 g/mol. The highest BCUT2D eigenvalue weighted by Gasteiger charge is 2.33. The Bertz CT molecular complexity index is 921. The average molecular weight is 368 g/mol. The number of nitrogens with zero attached hydrogens (tertiary/aromatic N) is 2. The molecule has 0 aliphatic carbocycles. The topological polar surface area (TPSA) is 68.8 Å². The average Bonchev–Trinajstić information content (AvgIpc) is 2.78. The SMILES string of the molecule is Cc1cc(/C=C(/C#N)C(=O)[O-])c(C)n1-c1ccc(Cl)c(C(F)(F)F)c1. The number of carbonyl (C=O) groups is 1. The minimum absolute atomic E-state index is 0.221. The zero-order valence-corrected chi connectivity index (χ0v) is 13.9. The minimum atomic E-state index is -4.60. The number of rotatable bonds is 3. The zero-order valence-electron chi connectivity index (χ0n) is 13.1. The van der Waals surface area contributed by atoms with E-state index in [1.54, 1.807) is 19.9 Å². The Hall–Kier alpha value is -2.72. The number of hydrogen-bond donors (Lipinski definition) is 0. The van der Waals surface area contributed by atoms with Crippen molar-refractivity contribution in [2.75, 3.05) is 0 Å². The normalized spacial score (nSPS) is 12.1. The maximum Gasteiger partial charge on any atom is 0.417 e. The van der Waals surface area contributed by atoms with Crippen molar-refractivity contribution in [1.82, 2.24) is 4.57 Å². The van der Waals surface area contributed by atoms with Crippen molar-refractivity contribution in [2.45, 2.75) is 20.0 Å². The monoisotopic (exact) mass is 367 g/mol. The van der Waals surface area contributed by atoms with Gasteiger partial charge in [0.05, 0.1) is 22.1 Å². The molecule has 0 unspecified atom stereocenters. The number of carboxylic acid groups (broad SMARTS) is 1. The lowest BCUT2D eigenvalue weighted by Gasteiger charge is -2.14. The summed E-state index contributed by atoms with van der Waals surface area (Å²) in [6.07, 6.45) is -3.48. The van der Waals surface area contributed by atoms with Gasteiger partial charge >= 0.3 is 6.18 Å². The van der Waals surface area contributed by atoms with Crippen LogP contribution in [0.3, 0.4) is 0 Å². The first kappa shape index (κ1) is 18.6. The molecule has 130 valence electrons. The van der Waals surface area contributed by atoms with Gasteiger partial charge in [0, 0.05) is 17.1 Å². The van der Waals surface area contributed by atoms with Gasteiger partial charge in [-0.15, -0.1) is 0 Å². The summed E-state index contributed by atoms with van der Waals surface area (Å²) < 4.78 is 40.7. The van der Waals surface area contributed by atoms with E-state index in [9.17, 15) is 23.1 Å². The molecule has 1 heterocycles. The van der Waals surface area contributed by atoms with Gasteiger partial charge in [0.2, 0.25) is 0 Å². The van der Waals surface area contributed by atoms with E-state index in [4.69, 9.17) is 16.9 Å². The molecule has 4 nitrogen and oxygen atoms in total. The van der Waals surface area contributed by atoms with Gasteiger partial charge < -0.3 is 14.5 Å². The first-order valence-electron chi connectivity index (χ1n) is 6.95. The van der Waals surface area contributed by atoms with E-state index >= 15 is 0 Å². The molecule has 0 aliphatic rings. The third-order valence-corrected chi connectivity index (χ3v) is 3.95. The van der Waals surface area contributed by atoms with Crippen LogP contribution in [0.15, 0.2) is 29.8 Å². The van der Waals surface area contributed by atoms with E-state index in [2.05, 4.69) is 0 Å². The molecule has 0 bridgehead atoms. The molecule has 0 aliphatic heterocycles. The second-order valence-electron chi connectivity index (χ2n) is 5.28. The second kappa shape index (κ2) is 6.65. The predicted octanol–water partition coefficient (Wildman–Crippen LogP) is 3.42. The third-order valence-electron chi connectivity index (χ3n) is 3.62. The minimum Gasteiger partial charge on any atom is -0.544 e. The number of alkyl halides is 3. The summed E-state index contributed by atoms with van der Waals surface area (Å²) in [5.74, 6) is -1.63. The first-order chi connectivity index (χ1) is 11.6. The number of aliphatic carboxylic acids is 1. The summed E-state index contributed by atoms with van der Waals surface area (Å²) in [5.41, 5.74) is 0.105. The second-order valence-corrected chi connectivity index (χ2v) is 5.69. The van der Waals surface area contributed by atoms with Gasteiger partial charge in [-0.2, -0.15) is 18.4 Å². The number of aromatic nitrogens is 1. The summed E-state index contributed by atoms with van der Waals surface area (Å²) in [7, 11) is 0. The van der Waals surface area contributed by atoms with Gasteiger partial charge in [-0.25, -0.2) is 0 Å². The van der Waals surface area contributed by atoms with Crippen molar-refractivity contribution in [3.8, 4) is 11.8 Å². The summed E-state index contributed by atoms with van der Waals surface area (Å²) in [5, 5.41) is 19.3. The molecule has 1 aromatic carbocycles. The highest BCUT2D eigenvalue weighted by atomic mass is 35.5. The van der Waals surface area contributed by atoms with Crippen molar-refractivity contribution in [1.29, 1.82) is 5.26 Å². The van der Waals surface area contributed by atoms with Crippen molar-refractivity contribution in [2.24, 2.45) is 0 Å². The Morgan fingerprint density at radius 2 is 1.96 bits per heavy atom. The zero-order chi connectivity index (χ0) is 18.9. The van der Waals surface area contributed by atoms with Crippen molar-refractivity contribution >= 4 is 23.6 Å². The molecule has 0 amide bonds. The summed E-state index contributed by atoms with van der Waals surface area (Å²) in [6, 6.07) is 6.56. The standard InChI is InChI=1S/C17H12ClF3N2O2/c1-9-5-11(6-12(8-22)16(24)25)10(2)23(9)13-3-4-15(18)14(7-13)17(19,20)21/h3-7H,1-2H3,(H,24,25)/p-1/b12-6-. The van der Waals surface area contributed by atoms with Crippen LogP contribution in [0, 0.1) is 25.2 Å². The summed E-state index contributed by atoms with van der Waals surface area (Å²) >= 11 is 5.63. The van der Waals surface area contributed by atoms with Gasteiger partial charge in [0.25, 0.3) is 0 Å². The molecule has 0 saturated carbocycles. The lowest BCUT2D eigenvalue weighted by molar-refractivity contribution is -0.298. The summed E-state index contributed by atoms with van der Waals surface area (Å²) in [6.45, 7) is 3.25. The number of carboxylic acids is 1. The number of halogens is 4. The maximum atomic E-state index is 13.0. The van der Waals surface area contributed by atoms with Crippen LogP contribution < -0.4 is 5.11 Å². The molecule has 1 aromatic heterocycles. The van der Waals surface area contributed by atoms with E-state index in [1.807, 2.05) is 0 Å². The van der Waals surface area contributed by atoms with Crippen molar-refractivity contribution < 1.29 is 23.1 Å². The van der Waals surface area contributed by atoms with E-state index in [-0.39, 0.29) is 5.69 Å². The van der Waals surface area contributed by atoms with Crippen LogP contribution in [-0.2, 0) is 11.0 Å². The van der Waals surface area contributed by atoms with E-state index in [0.29, 0.717) is 17.0 Å². The molecule has 0 N–H and O–H groups in total. The Morgan fingerprint density at radius 1 is 1.32 bits per heavy atom. The number of nitriles is 1. The summed E-state index contributed by atoms with van der Waals surface area (Å²) in [4.78, 5) is 10.9. The van der Waals surface area contributed by atoms with Gasteiger partial charge in [-0.05, 0) is 49.8 Å². The number of hydrogen-bond acceptors (Lipinski definition) is 3. The predicted molar refractivity (Wildman–Crippen MR) is 83.9 cm³/mol. The number of carbonyl (C=O) groups excluding carboxylic acids is 1. The molecule has 8 heteroatoms. The number of benzene rings is 1. The van der Waals surface area contributed by atoms with Gasteiger partial charge in [-0.1, -0.05) is 11.6 Å². The van der Waals surface area contributed by atoms with Crippen LogP contribution >= 0.6 is 11.6 Å². The number of aryl methyl sites for hydroxylation is 1. The molecule has 0 saturated heterocycles. The largest absolute Gasteiger partial charge is 0.544 e. The van der Waals surface area contributed by atoms with Crippen LogP contribution in [-0.4, -0.2) is 10.5 Å². The van der Waals surface area contributed by atoms with Crippen molar-refractivity contribution in [3.63, 3.8) is 0 Å². The molecule has 2 rings (SSSR count). The fourth-order valence-corrected chi connectivity index (χ4v) is 2.72. The molecule has 0 radical (unpaired) electrons. The van der Waals surface area contributed by atoms with Crippen LogP contribution in [0.5, 0.6) is 0 Å². The van der Waals surface area contributed by atoms with Gasteiger partial charge in [-0.3, -0.25) is 0 Å². The van der Waals surface area contributed by atoms with Crippen molar-refractivity contribution in [3.05, 3.63) is 57.4 Å². The van der Waals surface area contributed by atoms with Crippen LogP contribution in [0.2, 0.25) is 5.02 Å². The lowest BCUT2D eigenvalue weighted by Crippen LogP contribution is -2.23. The van der Waals surface area contributed by atoms with E-state index < -0.39 is 28.3 Å². The molecule has 0 atom stereocenters. The van der Waals surface area contributed by atoms with E-state index in [1.165, 1.54) is 16.7 Å².